The van der Waals surface area contributed by atoms with Crippen molar-refractivity contribution < 1.29 is 0 Å². The van der Waals surface area contributed by atoms with Crippen LogP contribution >= 0.6 is 0 Å². The molecule has 1 atom stereocenters. The van der Waals surface area contributed by atoms with Crippen LogP contribution in [-0.4, -0.2) is 0 Å². The summed E-state index contributed by atoms with van der Waals surface area (Å²) in [6.07, 6.45) is 0. The first kappa shape index (κ1) is 9.74. The van der Waals surface area contributed by atoms with E-state index in [2.05, 4.69) is 0 Å². The summed E-state index contributed by atoms with van der Waals surface area (Å²) in [5.41, 5.74) is 14.8. The third kappa shape index (κ3) is 2.00. The van der Waals surface area contributed by atoms with Crippen LogP contribution < -0.4 is 11.5 Å². The molecule has 2 nitrogen and oxygen atoms in total. The summed E-state index contributed by atoms with van der Waals surface area (Å²) in [4.78, 5) is 0. The van der Waals surface area contributed by atoms with Gasteiger partial charge in [-0.1, -0.05) is 48.5 Å². The standard InChI is InChI=1S/C13H14N2/c14-12-9-5-4-8-11(12)13(15)10-6-2-1-3-7-10/h1-9,13H,14-15H2. The van der Waals surface area contributed by atoms with Crippen LogP contribution in [0.3, 0.4) is 0 Å². The first-order valence-electron chi connectivity index (χ1n) is 4.94. The number of anilines is 1. The van der Waals surface area contributed by atoms with E-state index in [0.717, 1.165) is 16.8 Å². The van der Waals surface area contributed by atoms with Gasteiger partial charge in [-0.15, -0.1) is 0 Å². The Morgan fingerprint density at radius 2 is 1.40 bits per heavy atom. The summed E-state index contributed by atoms with van der Waals surface area (Å²) < 4.78 is 0. The van der Waals surface area contributed by atoms with Crippen LogP contribution in [0.2, 0.25) is 0 Å². The molecule has 2 aromatic rings. The molecule has 2 aromatic carbocycles. The highest BCUT2D eigenvalue weighted by atomic mass is 14.7. The van der Waals surface area contributed by atoms with E-state index >= 15 is 0 Å². The van der Waals surface area contributed by atoms with Crippen LogP contribution in [0, 0.1) is 0 Å². The molecule has 0 radical (unpaired) electrons. The summed E-state index contributed by atoms with van der Waals surface area (Å²) >= 11 is 0. The maximum absolute atomic E-state index is 6.14. The van der Waals surface area contributed by atoms with Crippen LogP contribution in [0.15, 0.2) is 54.6 Å². The van der Waals surface area contributed by atoms with Crippen LogP contribution in [0.25, 0.3) is 0 Å². The van der Waals surface area contributed by atoms with Crippen molar-refractivity contribution >= 4 is 5.69 Å². The number of hydrogen-bond acceptors (Lipinski definition) is 2. The molecule has 0 spiro atoms. The van der Waals surface area contributed by atoms with E-state index < -0.39 is 0 Å². The molecular weight excluding hydrogens is 184 g/mol. The number of para-hydroxylation sites is 1. The van der Waals surface area contributed by atoms with E-state index in [4.69, 9.17) is 11.5 Å². The Morgan fingerprint density at radius 1 is 0.800 bits per heavy atom. The summed E-state index contributed by atoms with van der Waals surface area (Å²) in [5, 5.41) is 0. The van der Waals surface area contributed by atoms with Gasteiger partial charge in [0, 0.05) is 5.69 Å². The molecule has 0 aliphatic carbocycles. The number of rotatable bonds is 2. The van der Waals surface area contributed by atoms with Gasteiger partial charge in [0.25, 0.3) is 0 Å². The predicted octanol–water partition coefficient (Wildman–Crippen LogP) is 2.32. The average molecular weight is 198 g/mol. The molecule has 0 saturated heterocycles. The quantitative estimate of drug-likeness (QED) is 0.727. The normalized spacial score (nSPS) is 12.3. The second kappa shape index (κ2) is 4.15. The van der Waals surface area contributed by atoms with Crippen LogP contribution in [-0.2, 0) is 0 Å². The van der Waals surface area contributed by atoms with Gasteiger partial charge in [-0.05, 0) is 17.2 Å². The van der Waals surface area contributed by atoms with Crippen molar-refractivity contribution in [2.45, 2.75) is 6.04 Å². The third-order valence-corrected chi connectivity index (χ3v) is 2.49. The highest BCUT2D eigenvalue weighted by Crippen LogP contribution is 2.23. The molecular formula is C13H14N2. The lowest BCUT2D eigenvalue weighted by atomic mass is 9.98. The van der Waals surface area contributed by atoms with Gasteiger partial charge < -0.3 is 11.5 Å². The van der Waals surface area contributed by atoms with Gasteiger partial charge in [-0.25, -0.2) is 0 Å². The molecule has 1 unspecified atom stereocenters. The smallest absolute Gasteiger partial charge is 0.0572 e. The first-order valence-corrected chi connectivity index (χ1v) is 4.94. The van der Waals surface area contributed by atoms with Crippen molar-refractivity contribution in [1.82, 2.24) is 0 Å². The van der Waals surface area contributed by atoms with Crippen LogP contribution in [0.1, 0.15) is 17.2 Å². The van der Waals surface area contributed by atoms with E-state index in [1.54, 1.807) is 0 Å². The molecule has 76 valence electrons. The Morgan fingerprint density at radius 3 is 2.07 bits per heavy atom. The number of hydrogen-bond donors (Lipinski definition) is 2. The lowest BCUT2D eigenvalue weighted by molar-refractivity contribution is 0.875. The molecule has 15 heavy (non-hydrogen) atoms. The van der Waals surface area contributed by atoms with Gasteiger partial charge >= 0.3 is 0 Å². The van der Waals surface area contributed by atoms with E-state index in [-0.39, 0.29) is 6.04 Å². The minimum Gasteiger partial charge on any atom is -0.398 e. The minimum absolute atomic E-state index is 0.146. The van der Waals surface area contributed by atoms with Gasteiger partial charge in [0.05, 0.1) is 6.04 Å². The SMILES string of the molecule is Nc1ccccc1C(N)c1ccccc1. The molecule has 0 saturated carbocycles. The minimum atomic E-state index is -0.146. The van der Waals surface area contributed by atoms with Gasteiger partial charge in [-0.2, -0.15) is 0 Å². The Balaban J connectivity index is 2.37. The van der Waals surface area contributed by atoms with E-state index in [0.29, 0.717) is 0 Å². The summed E-state index contributed by atoms with van der Waals surface area (Å²) in [7, 11) is 0. The topological polar surface area (TPSA) is 52.0 Å². The molecule has 0 amide bonds. The fourth-order valence-electron chi connectivity index (χ4n) is 1.63. The highest BCUT2D eigenvalue weighted by Gasteiger charge is 2.10. The molecule has 0 aliphatic rings. The highest BCUT2D eigenvalue weighted by molar-refractivity contribution is 5.50. The average Bonchev–Trinajstić information content (AvgIpc) is 2.30. The van der Waals surface area contributed by atoms with E-state index in [1.807, 2.05) is 54.6 Å². The van der Waals surface area contributed by atoms with Gasteiger partial charge in [0.1, 0.15) is 0 Å². The molecule has 0 aliphatic heterocycles. The third-order valence-electron chi connectivity index (χ3n) is 2.49. The molecule has 0 heterocycles. The van der Waals surface area contributed by atoms with Crippen molar-refractivity contribution in [1.29, 1.82) is 0 Å². The fourth-order valence-corrected chi connectivity index (χ4v) is 1.63. The lowest BCUT2D eigenvalue weighted by Crippen LogP contribution is -2.13. The zero-order chi connectivity index (χ0) is 10.7. The number of nitrogens with two attached hydrogens (primary N) is 2. The Bertz CT molecular complexity index is 437. The maximum Gasteiger partial charge on any atom is 0.0572 e. The Labute approximate surface area is 89.5 Å². The lowest BCUT2D eigenvalue weighted by Gasteiger charge is -2.14. The molecule has 2 heteroatoms. The summed E-state index contributed by atoms with van der Waals surface area (Å²) in [6.45, 7) is 0. The van der Waals surface area contributed by atoms with Gasteiger partial charge in [-0.3, -0.25) is 0 Å². The van der Waals surface area contributed by atoms with E-state index in [9.17, 15) is 0 Å². The monoisotopic (exact) mass is 198 g/mol. The van der Waals surface area contributed by atoms with Crippen LogP contribution in [0.4, 0.5) is 5.69 Å². The Hall–Kier alpha value is -1.80. The molecule has 0 aromatic heterocycles. The van der Waals surface area contributed by atoms with Gasteiger partial charge in [0.2, 0.25) is 0 Å². The maximum atomic E-state index is 6.14. The second-order valence-electron chi connectivity index (χ2n) is 3.52. The zero-order valence-corrected chi connectivity index (χ0v) is 8.43. The zero-order valence-electron chi connectivity index (χ0n) is 8.43. The predicted molar refractivity (Wildman–Crippen MR) is 63.3 cm³/mol. The van der Waals surface area contributed by atoms with E-state index in [1.165, 1.54) is 0 Å². The summed E-state index contributed by atoms with van der Waals surface area (Å²) in [6, 6.07) is 17.5. The second-order valence-corrected chi connectivity index (χ2v) is 3.52. The largest absolute Gasteiger partial charge is 0.398 e. The van der Waals surface area contributed by atoms with Crippen molar-refractivity contribution in [3.63, 3.8) is 0 Å². The van der Waals surface area contributed by atoms with Crippen molar-refractivity contribution in [3.8, 4) is 0 Å². The summed E-state index contributed by atoms with van der Waals surface area (Å²) in [5.74, 6) is 0. The molecule has 2 rings (SSSR count). The number of benzene rings is 2. The van der Waals surface area contributed by atoms with Crippen molar-refractivity contribution in [2.24, 2.45) is 5.73 Å². The first-order chi connectivity index (χ1) is 7.29. The molecule has 4 N–H and O–H groups in total. The van der Waals surface area contributed by atoms with Crippen molar-refractivity contribution in [3.05, 3.63) is 65.7 Å². The van der Waals surface area contributed by atoms with Gasteiger partial charge in [0.15, 0.2) is 0 Å². The molecule has 0 bridgehead atoms. The van der Waals surface area contributed by atoms with Crippen molar-refractivity contribution in [2.75, 3.05) is 5.73 Å². The molecule has 0 fully saturated rings. The van der Waals surface area contributed by atoms with Crippen LogP contribution in [0.5, 0.6) is 0 Å². The Kier molecular flexibility index (Phi) is 2.70. The number of nitrogen functional groups attached to an aromatic ring is 1. The fraction of sp³-hybridized carbons (Fsp3) is 0.0769.